The summed E-state index contributed by atoms with van der Waals surface area (Å²) >= 11 is 0. The lowest BCUT2D eigenvalue weighted by atomic mass is 9.97. The van der Waals surface area contributed by atoms with E-state index in [0.717, 1.165) is 13.1 Å². The van der Waals surface area contributed by atoms with Crippen molar-refractivity contribution in [3.63, 3.8) is 0 Å². The summed E-state index contributed by atoms with van der Waals surface area (Å²) in [4.78, 5) is 2.64. The molecule has 2 nitrogen and oxygen atoms in total. The molecule has 0 spiro atoms. The van der Waals surface area contributed by atoms with Crippen LogP contribution in [0.25, 0.3) is 0 Å². The molecule has 1 aliphatic rings. The second-order valence-electron chi connectivity index (χ2n) is 6.16. The zero-order valence-corrected chi connectivity index (χ0v) is 12.1. The summed E-state index contributed by atoms with van der Waals surface area (Å²) in [6, 6.07) is 11.9. The molecule has 0 bridgehead atoms. The van der Waals surface area contributed by atoms with Gasteiger partial charge in [0, 0.05) is 30.7 Å². The Morgan fingerprint density at radius 3 is 2.61 bits per heavy atom. The van der Waals surface area contributed by atoms with Crippen molar-refractivity contribution in [2.75, 3.05) is 13.1 Å². The van der Waals surface area contributed by atoms with Gasteiger partial charge in [0.1, 0.15) is 0 Å². The van der Waals surface area contributed by atoms with Crippen molar-refractivity contribution in [1.29, 1.82) is 0 Å². The summed E-state index contributed by atoms with van der Waals surface area (Å²) in [6.07, 6.45) is 1.22. The highest BCUT2D eigenvalue weighted by molar-refractivity contribution is 5.19. The van der Waals surface area contributed by atoms with Gasteiger partial charge in [0.25, 0.3) is 0 Å². The Morgan fingerprint density at radius 1 is 1.28 bits per heavy atom. The van der Waals surface area contributed by atoms with Gasteiger partial charge in [0.15, 0.2) is 0 Å². The summed E-state index contributed by atoms with van der Waals surface area (Å²) in [6.45, 7) is 11.5. The van der Waals surface area contributed by atoms with E-state index in [9.17, 15) is 0 Å². The largest absolute Gasteiger partial charge is 0.312 e. The molecule has 100 valence electrons. The second kappa shape index (κ2) is 5.41. The van der Waals surface area contributed by atoms with Crippen LogP contribution in [0.4, 0.5) is 0 Å². The number of hydrogen-bond acceptors (Lipinski definition) is 2. The molecule has 1 aromatic carbocycles. The fourth-order valence-corrected chi connectivity index (χ4v) is 2.89. The topological polar surface area (TPSA) is 15.3 Å². The number of rotatable bonds is 2. The zero-order chi connectivity index (χ0) is 13.2. The summed E-state index contributed by atoms with van der Waals surface area (Å²) in [7, 11) is 0. The Labute approximate surface area is 111 Å². The highest BCUT2D eigenvalue weighted by atomic mass is 15.2. The number of nitrogens with zero attached hydrogens (tertiary/aromatic N) is 1. The van der Waals surface area contributed by atoms with Crippen molar-refractivity contribution in [3.05, 3.63) is 35.9 Å². The Morgan fingerprint density at radius 2 is 1.94 bits per heavy atom. The van der Waals surface area contributed by atoms with E-state index < -0.39 is 0 Å². The van der Waals surface area contributed by atoms with Gasteiger partial charge in [-0.1, -0.05) is 30.3 Å². The van der Waals surface area contributed by atoms with Crippen LogP contribution in [0.3, 0.4) is 0 Å². The molecule has 0 aliphatic carbocycles. The lowest BCUT2D eigenvalue weighted by molar-refractivity contribution is 0.0879. The maximum Gasteiger partial charge on any atom is 0.0325 e. The van der Waals surface area contributed by atoms with Crippen molar-refractivity contribution in [2.24, 2.45) is 0 Å². The van der Waals surface area contributed by atoms with Crippen molar-refractivity contribution in [1.82, 2.24) is 10.2 Å². The normalized spacial score (nSPS) is 26.6. The van der Waals surface area contributed by atoms with Gasteiger partial charge in [0.05, 0.1) is 0 Å². The number of nitrogens with one attached hydrogen (secondary N) is 1. The van der Waals surface area contributed by atoms with E-state index in [1.807, 2.05) is 0 Å². The van der Waals surface area contributed by atoms with Crippen LogP contribution in [0.2, 0.25) is 0 Å². The lowest BCUT2D eigenvalue weighted by Gasteiger charge is -2.41. The smallest absolute Gasteiger partial charge is 0.0325 e. The average Bonchev–Trinajstić information content (AvgIpc) is 2.49. The van der Waals surface area contributed by atoms with Crippen molar-refractivity contribution >= 4 is 0 Å². The molecule has 1 N–H and O–H groups in total. The maximum atomic E-state index is 3.63. The SMILES string of the molecule is CC1CCN(C(C)c2ccccc2)C(C)(C)CN1. The van der Waals surface area contributed by atoms with Crippen molar-refractivity contribution in [2.45, 2.75) is 51.7 Å². The molecule has 0 saturated carbocycles. The molecule has 1 fully saturated rings. The predicted molar refractivity (Wildman–Crippen MR) is 77.7 cm³/mol. The van der Waals surface area contributed by atoms with E-state index in [-0.39, 0.29) is 5.54 Å². The third-order valence-electron chi connectivity index (χ3n) is 4.21. The van der Waals surface area contributed by atoms with Gasteiger partial charge >= 0.3 is 0 Å². The molecule has 0 amide bonds. The second-order valence-corrected chi connectivity index (χ2v) is 6.16. The van der Waals surface area contributed by atoms with Gasteiger partial charge in [-0.2, -0.15) is 0 Å². The van der Waals surface area contributed by atoms with E-state index in [4.69, 9.17) is 0 Å². The molecular weight excluding hydrogens is 220 g/mol. The number of hydrogen-bond donors (Lipinski definition) is 1. The van der Waals surface area contributed by atoms with Gasteiger partial charge < -0.3 is 5.32 Å². The predicted octanol–water partition coefficient (Wildman–Crippen LogP) is 3.21. The van der Waals surface area contributed by atoms with E-state index in [0.29, 0.717) is 12.1 Å². The van der Waals surface area contributed by atoms with Gasteiger partial charge in [-0.25, -0.2) is 0 Å². The summed E-state index contributed by atoms with van der Waals surface area (Å²) in [5.74, 6) is 0. The molecule has 0 aromatic heterocycles. The summed E-state index contributed by atoms with van der Waals surface area (Å²) in [5.41, 5.74) is 1.63. The van der Waals surface area contributed by atoms with Crippen molar-refractivity contribution in [3.8, 4) is 0 Å². The minimum absolute atomic E-state index is 0.208. The third kappa shape index (κ3) is 2.93. The first-order valence-corrected chi connectivity index (χ1v) is 7.06. The molecule has 1 heterocycles. The van der Waals surface area contributed by atoms with Gasteiger partial charge in [-0.05, 0) is 39.7 Å². The lowest BCUT2D eigenvalue weighted by Crippen LogP contribution is -2.49. The van der Waals surface area contributed by atoms with Crippen LogP contribution < -0.4 is 5.32 Å². The quantitative estimate of drug-likeness (QED) is 0.862. The molecule has 1 aromatic rings. The fourth-order valence-electron chi connectivity index (χ4n) is 2.89. The van der Waals surface area contributed by atoms with Crippen LogP contribution in [-0.4, -0.2) is 29.6 Å². The van der Waals surface area contributed by atoms with Crippen LogP contribution in [0.5, 0.6) is 0 Å². The van der Waals surface area contributed by atoms with E-state index in [1.165, 1.54) is 12.0 Å². The Hall–Kier alpha value is -0.860. The van der Waals surface area contributed by atoms with Crippen LogP contribution in [0.1, 0.15) is 45.7 Å². The van der Waals surface area contributed by atoms with Crippen LogP contribution in [0.15, 0.2) is 30.3 Å². The molecule has 1 aliphatic heterocycles. The highest BCUT2D eigenvalue weighted by Crippen LogP contribution is 2.29. The average molecular weight is 246 g/mol. The van der Waals surface area contributed by atoms with Gasteiger partial charge in [0.2, 0.25) is 0 Å². The van der Waals surface area contributed by atoms with E-state index >= 15 is 0 Å². The van der Waals surface area contributed by atoms with Gasteiger partial charge in [-0.3, -0.25) is 4.90 Å². The molecule has 18 heavy (non-hydrogen) atoms. The first-order valence-electron chi connectivity index (χ1n) is 7.06. The molecule has 0 radical (unpaired) electrons. The van der Waals surface area contributed by atoms with E-state index in [1.54, 1.807) is 0 Å². The molecule has 2 rings (SSSR count). The maximum absolute atomic E-state index is 3.63. The first kappa shape index (κ1) is 13.6. The van der Waals surface area contributed by atoms with Crippen LogP contribution >= 0.6 is 0 Å². The fraction of sp³-hybridized carbons (Fsp3) is 0.625. The number of benzene rings is 1. The first-order chi connectivity index (χ1) is 8.50. The Bertz CT molecular complexity index is 372. The zero-order valence-electron chi connectivity index (χ0n) is 12.1. The summed E-state index contributed by atoms with van der Waals surface area (Å²) in [5, 5.41) is 3.63. The Balaban J connectivity index is 2.19. The summed E-state index contributed by atoms with van der Waals surface area (Å²) < 4.78 is 0. The van der Waals surface area contributed by atoms with Crippen LogP contribution in [-0.2, 0) is 0 Å². The minimum atomic E-state index is 0.208. The standard InChI is InChI=1S/C16H26N2/c1-13-10-11-18(16(3,4)12-17-13)14(2)15-8-6-5-7-9-15/h5-9,13-14,17H,10-12H2,1-4H3. The molecule has 2 atom stereocenters. The monoisotopic (exact) mass is 246 g/mol. The molecule has 2 unspecified atom stereocenters. The van der Waals surface area contributed by atoms with Crippen molar-refractivity contribution < 1.29 is 0 Å². The van der Waals surface area contributed by atoms with Gasteiger partial charge in [-0.15, -0.1) is 0 Å². The molecule has 1 saturated heterocycles. The van der Waals surface area contributed by atoms with Crippen LogP contribution in [0, 0.1) is 0 Å². The molecular formula is C16H26N2. The highest BCUT2D eigenvalue weighted by Gasteiger charge is 2.33. The Kier molecular flexibility index (Phi) is 4.08. The molecule has 2 heteroatoms. The van der Waals surface area contributed by atoms with E-state index in [2.05, 4.69) is 68.2 Å². The minimum Gasteiger partial charge on any atom is -0.312 e. The third-order valence-corrected chi connectivity index (χ3v) is 4.21.